The lowest BCUT2D eigenvalue weighted by Gasteiger charge is -2.25. The molecule has 0 N–H and O–H groups in total. The summed E-state index contributed by atoms with van der Waals surface area (Å²) in [7, 11) is 1.34. The standard InChI is InChI=1S/C20H20FN5O4/c1-29-19(27)24-5-2-12(3-6-24)14-8-13-9-17-18(11-25-7-4-22-23-25)30-20(28)26(17)16(13)10-15(14)21/h2,4,7-8,10,17-18H,3,5-6,9,11H2,1H3/t17-,18-/m0/s1. The molecule has 30 heavy (non-hydrogen) atoms. The lowest BCUT2D eigenvalue weighted by molar-refractivity contribution is 0.117. The summed E-state index contributed by atoms with van der Waals surface area (Å²) >= 11 is 0. The van der Waals surface area contributed by atoms with Crippen LogP contribution in [0.5, 0.6) is 0 Å². The van der Waals surface area contributed by atoms with Crippen LogP contribution in [0, 0.1) is 5.82 Å². The number of carbonyl (C=O) groups excluding carboxylic acids is 2. The molecule has 1 aromatic heterocycles. The third-order valence-corrected chi connectivity index (χ3v) is 5.89. The summed E-state index contributed by atoms with van der Waals surface area (Å²) in [6.07, 6.45) is 5.00. The van der Waals surface area contributed by atoms with Crippen LogP contribution in [0.3, 0.4) is 0 Å². The molecule has 0 aliphatic carbocycles. The van der Waals surface area contributed by atoms with Crippen LogP contribution < -0.4 is 4.90 Å². The maximum Gasteiger partial charge on any atom is 0.415 e. The lowest BCUT2D eigenvalue weighted by Crippen LogP contribution is -2.35. The minimum absolute atomic E-state index is 0.207. The summed E-state index contributed by atoms with van der Waals surface area (Å²) in [4.78, 5) is 27.2. The molecular formula is C20H20FN5O4. The van der Waals surface area contributed by atoms with E-state index in [2.05, 4.69) is 10.3 Å². The van der Waals surface area contributed by atoms with Gasteiger partial charge in [-0.2, -0.15) is 0 Å². The first-order valence-corrected chi connectivity index (χ1v) is 9.74. The van der Waals surface area contributed by atoms with Crippen molar-refractivity contribution in [1.29, 1.82) is 0 Å². The highest BCUT2D eigenvalue weighted by Crippen LogP contribution is 2.41. The van der Waals surface area contributed by atoms with Gasteiger partial charge >= 0.3 is 12.2 Å². The Morgan fingerprint density at radius 3 is 2.97 bits per heavy atom. The van der Waals surface area contributed by atoms with Crippen molar-refractivity contribution in [3.8, 4) is 0 Å². The average molecular weight is 413 g/mol. The molecule has 3 aliphatic rings. The topological polar surface area (TPSA) is 89.8 Å². The third kappa shape index (κ3) is 2.99. The number of halogens is 1. The van der Waals surface area contributed by atoms with E-state index in [0.29, 0.717) is 43.7 Å². The molecule has 0 spiro atoms. The van der Waals surface area contributed by atoms with Crippen molar-refractivity contribution in [2.75, 3.05) is 25.1 Å². The molecule has 4 heterocycles. The fourth-order valence-corrected chi connectivity index (χ4v) is 4.42. The minimum Gasteiger partial charge on any atom is -0.453 e. The molecule has 1 saturated heterocycles. The number of aromatic nitrogens is 3. The van der Waals surface area contributed by atoms with Gasteiger partial charge in [0.05, 0.1) is 31.6 Å². The molecule has 0 radical (unpaired) electrons. The molecule has 0 saturated carbocycles. The van der Waals surface area contributed by atoms with Crippen LogP contribution in [0.15, 0.2) is 30.6 Å². The van der Waals surface area contributed by atoms with Gasteiger partial charge in [-0.1, -0.05) is 11.3 Å². The summed E-state index contributed by atoms with van der Waals surface area (Å²) < 4.78 is 26.9. The van der Waals surface area contributed by atoms with E-state index in [1.54, 1.807) is 22.0 Å². The molecule has 0 bridgehead atoms. The first kappa shape index (κ1) is 18.6. The van der Waals surface area contributed by atoms with Gasteiger partial charge in [0.1, 0.15) is 11.9 Å². The second kappa shape index (κ2) is 7.12. The van der Waals surface area contributed by atoms with Gasteiger partial charge in [0, 0.05) is 24.8 Å². The van der Waals surface area contributed by atoms with Crippen molar-refractivity contribution in [2.24, 2.45) is 0 Å². The minimum atomic E-state index is -0.471. The number of hydrogen-bond donors (Lipinski definition) is 0. The van der Waals surface area contributed by atoms with Crippen molar-refractivity contribution >= 4 is 23.4 Å². The molecular weight excluding hydrogens is 393 g/mol. The monoisotopic (exact) mass is 413 g/mol. The molecule has 2 atom stereocenters. The van der Waals surface area contributed by atoms with E-state index in [0.717, 1.165) is 11.1 Å². The zero-order valence-corrected chi connectivity index (χ0v) is 16.3. The highest BCUT2D eigenvalue weighted by atomic mass is 19.1. The van der Waals surface area contributed by atoms with Crippen molar-refractivity contribution in [2.45, 2.75) is 31.5 Å². The zero-order valence-electron chi connectivity index (χ0n) is 16.3. The summed E-state index contributed by atoms with van der Waals surface area (Å²) in [6.45, 7) is 1.24. The number of methoxy groups -OCH3 is 1. The largest absolute Gasteiger partial charge is 0.453 e. The summed E-state index contributed by atoms with van der Waals surface area (Å²) in [5.41, 5.74) is 2.83. The van der Waals surface area contributed by atoms with Gasteiger partial charge < -0.3 is 14.4 Å². The molecule has 1 aromatic carbocycles. The van der Waals surface area contributed by atoms with Crippen LogP contribution in [0.4, 0.5) is 19.7 Å². The van der Waals surface area contributed by atoms with E-state index < -0.39 is 12.2 Å². The molecule has 9 nitrogen and oxygen atoms in total. The second-order valence-corrected chi connectivity index (χ2v) is 7.54. The Kier molecular flexibility index (Phi) is 4.41. The molecule has 1 fully saturated rings. The van der Waals surface area contributed by atoms with Gasteiger partial charge in [-0.15, -0.1) is 5.10 Å². The second-order valence-electron chi connectivity index (χ2n) is 7.54. The predicted molar refractivity (Wildman–Crippen MR) is 103 cm³/mol. The summed E-state index contributed by atoms with van der Waals surface area (Å²) in [5, 5.41) is 7.71. The SMILES string of the molecule is COC(=O)N1CC=C(c2cc3c(cc2F)N2C(=O)O[C@@H](Cn4ccnn4)[C@@H]2C3)CC1. The number of ether oxygens (including phenoxy) is 2. The molecule has 3 aliphatic heterocycles. The number of hydrogen-bond acceptors (Lipinski definition) is 6. The molecule has 10 heteroatoms. The normalized spacial score (nSPS) is 22.5. The van der Waals surface area contributed by atoms with Gasteiger partial charge in [-0.3, -0.25) is 4.90 Å². The van der Waals surface area contributed by atoms with E-state index in [1.165, 1.54) is 18.1 Å². The number of rotatable bonds is 3. The van der Waals surface area contributed by atoms with Gasteiger partial charge in [0.15, 0.2) is 0 Å². The van der Waals surface area contributed by atoms with E-state index in [-0.39, 0.29) is 18.0 Å². The van der Waals surface area contributed by atoms with E-state index in [4.69, 9.17) is 9.47 Å². The Bertz CT molecular complexity index is 1040. The van der Waals surface area contributed by atoms with Gasteiger partial charge in [0.2, 0.25) is 0 Å². The lowest BCUT2D eigenvalue weighted by atomic mass is 9.95. The Hall–Kier alpha value is -3.43. The van der Waals surface area contributed by atoms with Crippen molar-refractivity contribution < 1.29 is 23.5 Å². The fourth-order valence-electron chi connectivity index (χ4n) is 4.42. The first-order chi connectivity index (χ1) is 14.5. The quantitative estimate of drug-likeness (QED) is 0.767. The molecule has 0 unspecified atom stereocenters. The highest BCUT2D eigenvalue weighted by Gasteiger charge is 2.48. The maximum atomic E-state index is 15.0. The van der Waals surface area contributed by atoms with E-state index in [1.807, 2.05) is 12.1 Å². The Balaban J connectivity index is 1.40. The Labute approximate surface area is 171 Å². The smallest absolute Gasteiger partial charge is 0.415 e. The fraction of sp³-hybridized carbons (Fsp3) is 0.400. The van der Waals surface area contributed by atoms with Crippen LogP contribution in [0.25, 0.3) is 5.57 Å². The number of benzene rings is 1. The number of carbonyl (C=O) groups is 2. The maximum absolute atomic E-state index is 15.0. The van der Waals surface area contributed by atoms with Crippen LogP contribution in [-0.4, -0.2) is 64.4 Å². The number of fused-ring (bicyclic) bond motifs is 3. The zero-order chi connectivity index (χ0) is 20.8. The molecule has 5 rings (SSSR count). The average Bonchev–Trinajstić information content (AvgIpc) is 3.46. The summed E-state index contributed by atoms with van der Waals surface area (Å²) in [5.74, 6) is -0.389. The molecule has 2 amide bonds. The van der Waals surface area contributed by atoms with Crippen LogP contribution in [0.2, 0.25) is 0 Å². The number of amides is 2. The summed E-state index contributed by atoms with van der Waals surface area (Å²) in [6, 6.07) is 3.03. The van der Waals surface area contributed by atoms with Crippen molar-refractivity contribution in [3.05, 3.63) is 47.5 Å². The van der Waals surface area contributed by atoms with Crippen molar-refractivity contribution in [1.82, 2.24) is 19.9 Å². The first-order valence-electron chi connectivity index (χ1n) is 9.74. The van der Waals surface area contributed by atoms with Gasteiger partial charge in [0.25, 0.3) is 0 Å². The van der Waals surface area contributed by atoms with E-state index in [9.17, 15) is 14.0 Å². The van der Waals surface area contributed by atoms with Crippen LogP contribution >= 0.6 is 0 Å². The van der Waals surface area contributed by atoms with Crippen molar-refractivity contribution in [3.63, 3.8) is 0 Å². The molecule has 156 valence electrons. The Morgan fingerprint density at radius 1 is 1.40 bits per heavy atom. The number of nitrogens with zero attached hydrogens (tertiary/aromatic N) is 5. The highest BCUT2D eigenvalue weighted by molar-refractivity contribution is 5.94. The van der Waals surface area contributed by atoms with Crippen LogP contribution in [0.1, 0.15) is 17.5 Å². The van der Waals surface area contributed by atoms with E-state index >= 15 is 0 Å². The predicted octanol–water partition coefficient (Wildman–Crippen LogP) is 2.22. The van der Waals surface area contributed by atoms with Gasteiger partial charge in [-0.25, -0.2) is 18.7 Å². The number of cyclic esters (lactones) is 1. The third-order valence-electron chi connectivity index (χ3n) is 5.89. The van der Waals surface area contributed by atoms with Crippen LogP contribution in [-0.2, 0) is 22.4 Å². The number of anilines is 1. The van der Waals surface area contributed by atoms with Gasteiger partial charge in [-0.05, 0) is 36.1 Å². The Morgan fingerprint density at radius 2 is 2.27 bits per heavy atom. The molecule has 2 aromatic rings.